The Bertz CT molecular complexity index is 893. The molecule has 23 heavy (non-hydrogen) atoms. The highest BCUT2D eigenvalue weighted by atomic mass is 79.9. The van der Waals surface area contributed by atoms with Gasteiger partial charge in [0, 0.05) is 28.5 Å². The predicted molar refractivity (Wildman–Crippen MR) is 95.3 cm³/mol. The molecule has 118 valence electrons. The maximum Gasteiger partial charge on any atom is 0.255 e. The number of carbonyl (C=O) groups is 1. The summed E-state index contributed by atoms with van der Waals surface area (Å²) in [6.45, 7) is 0. The first-order chi connectivity index (χ1) is 11.0. The van der Waals surface area contributed by atoms with Gasteiger partial charge in [0.2, 0.25) is 0 Å². The van der Waals surface area contributed by atoms with E-state index in [0.29, 0.717) is 33.5 Å². The molecule has 4 nitrogen and oxygen atoms in total. The molecule has 3 aromatic rings. The maximum atomic E-state index is 13.2. The predicted octanol–water partition coefficient (Wildman–Crippen LogP) is 4.62. The summed E-state index contributed by atoms with van der Waals surface area (Å²) in [5.41, 5.74) is 2.27. The molecular weight excluding hydrogens is 383 g/mol. The van der Waals surface area contributed by atoms with Gasteiger partial charge in [-0.05, 0) is 46.3 Å². The van der Waals surface area contributed by atoms with Gasteiger partial charge in [-0.1, -0.05) is 12.8 Å². The van der Waals surface area contributed by atoms with E-state index in [2.05, 4.69) is 38.8 Å². The van der Waals surface area contributed by atoms with E-state index in [9.17, 15) is 9.18 Å². The summed E-state index contributed by atoms with van der Waals surface area (Å²) in [6, 6.07) is 9.33. The molecule has 0 spiro atoms. The van der Waals surface area contributed by atoms with Crippen molar-refractivity contribution in [1.29, 1.82) is 0 Å². The van der Waals surface area contributed by atoms with Gasteiger partial charge in [0.15, 0.2) is 0 Å². The van der Waals surface area contributed by atoms with Crippen LogP contribution in [0, 0.1) is 5.82 Å². The number of amides is 1. The molecule has 0 aliphatic heterocycles. The standard InChI is InChI=1S/C16H12BrFN2O2S/c1-19-16(21)14-10-6-11(17)12(20-23)7-13(10)22-15(14)8-2-4-9(18)5-3-8/h2-7,20,23H,1H3,(H,19,21). The minimum Gasteiger partial charge on any atom is -0.455 e. The molecule has 0 atom stereocenters. The van der Waals surface area contributed by atoms with Crippen molar-refractivity contribution >= 4 is 51.3 Å². The number of halogens is 2. The van der Waals surface area contributed by atoms with Crippen LogP contribution in [0.5, 0.6) is 0 Å². The third kappa shape index (κ3) is 2.82. The van der Waals surface area contributed by atoms with Crippen LogP contribution in [0.15, 0.2) is 45.3 Å². The van der Waals surface area contributed by atoms with E-state index in [1.54, 1.807) is 31.3 Å². The molecule has 1 amide bonds. The van der Waals surface area contributed by atoms with Crippen molar-refractivity contribution in [2.24, 2.45) is 0 Å². The molecule has 3 rings (SSSR count). The average Bonchev–Trinajstić information content (AvgIpc) is 2.92. The maximum absolute atomic E-state index is 13.2. The summed E-state index contributed by atoms with van der Waals surface area (Å²) in [7, 11) is 1.55. The molecule has 1 heterocycles. The Balaban J connectivity index is 2.31. The summed E-state index contributed by atoms with van der Waals surface area (Å²) in [5, 5.41) is 3.27. The third-order valence-corrected chi connectivity index (χ3v) is 4.36. The fourth-order valence-corrected chi connectivity index (χ4v) is 3.14. The lowest BCUT2D eigenvalue weighted by molar-refractivity contribution is 0.0964. The van der Waals surface area contributed by atoms with Gasteiger partial charge in [-0.25, -0.2) is 4.39 Å². The lowest BCUT2D eigenvalue weighted by atomic mass is 10.0. The fourth-order valence-electron chi connectivity index (χ4n) is 2.36. The number of hydrogen-bond acceptors (Lipinski definition) is 4. The van der Waals surface area contributed by atoms with E-state index in [0.717, 1.165) is 4.47 Å². The normalized spacial score (nSPS) is 10.8. The van der Waals surface area contributed by atoms with Gasteiger partial charge in [-0.3, -0.25) is 4.79 Å². The first-order valence-electron chi connectivity index (χ1n) is 6.69. The molecule has 0 fully saturated rings. The number of furan rings is 1. The number of nitrogens with one attached hydrogen (secondary N) is 2. The smallest absolute Gasteiger partial charge is 0.255 e. The molecular formula is C16H12BrFN2O2S. The minimum absolute atomic E-state index is 0.276. The summed E-state index contributed by atoms with van der Waals surface area (Å²) in [6.07, 6.45) is 0. The second-order valence-corrected chi connectivity index (χ2v) is 5.91. The molecule has 7 heteroatoms. The van der Waals surface area contributed by atoms with Gasteiger partial charge < -0.3 is 14.5 Å². The lowest BCUT2D eigenvalue weighted by Gasteiger charge is -2.03. The molecule has 2 aromatic carbocycles. The highest BCUT2D eigenvalue weighted by Gasteiger charge is 2.22. The second kappa shape index (κ2) is 6.25. The second-order valence-electron chi connectivity index (χ2n) is 4.83. The van der Waals surface area contributed by atoms with Gasteiger partial charge in [0.05, 0.1) is 11.3 Å². The first kappa shape index (κ1) is 15.9. The van der Waals surface area contributed by atoms with Crippen LogP contribution < -0.4 is 10.0 Å². The first-order valence-corrected chi connectivity index (χ1v) is 7.93. The van der Waals surface area contributed by atoms with Crippen molar-refractivity contribution in [3.8, 4) is 11.3 Å². The highest BCUT2D eigenvalue weighted by molar-refractivity contribution is 9.10. The van der Waals surface area contributed by atoms with Crippen LogP contribution in [-0.2, 0) is 0 Å². The summed E-state index contributed by atoms with van der Waals surface area (Å²) in [4.78, 5) is 12.3. The van der Waals surface area contributed by atoms with Crippen molar-refractivity contribution in [3.05, 3.63) is 52.3 Å². The number of hydrogen-bond donors (Lipinski definition) is 3. The molecule has 0 unspecified atom stereocenters. The Hall–Kier alpha value is -1.99. The third-order valence-electron chi connectivity index (χ3n) is 3.46. The van der Waals surface area contributed by atoms with Crippen molar-refractivity contribution in [2.75, 3.05) is 11.8 Å². The minimum atomic E-state index is -0.351. The number of anilines is 1. The molecule has 0 saturated carbocycles. The van der Waals surface area contributed by atoms with Crippen molar-refractivity contribution in [3.63, 3.8) is 0 Å². The van der Waals surface area contributed by atoms with E-state index in [1.807, 2.05) is 0 Å². The summed E-state index contributed by atoms with van der Waals surface area (Å²) >= 11 is 7.46. The molecule has 0 saturated heterocycles. The Labute approximate surface area is 145 Å². The van der Waals surface area contributed by atoms with Gasteiger partial charge in [-0.2, -0.15) is 0 Å². The Morgan fingerprint density at radius 1 is 1.26 bits per heavy atom. The van der Waals surface area contributed by atoms with Gasteiger partial charge >= 0.3 is 0 Å². The van der Waals surface area contributed by atoms with Gasteiger partial charge in [0.1, 0.15) is 17.2 Å². The molecule has 0 bridgehead atoms. The average molecular weight is 395 g/mol. The van der Waals surface area contributed by atoms with Crippen LogP contribution in [0.25, 0.3) is 22.3 Å². The highest BCUT2D eigenvalue weighted by Crippen LogP contribution is 2.38. The van der Waals surface area contributed by atoms with E-state index in [4.69, 9.17) is 4.42 Å². The SMILES string of the molecule is CNC(=O)c1c(-c2ccc(F)cc2)oc2cc(NS)c(Br)cc12. The van der Waals surface area contributed by atoms with Crippen LogP contribution in [0.4, 0.5) is 10.1 Å². The van der Waals surface area contributed by atoms with Crippen molar-refractivity contribution in [2.45, 2.75) is 0 Å². The lowest BCUT2D eigenvalue weighted by Crippen LogP contribution is -2.18. The van der Waals surface area contributed by atoms with E-state index < -0.39 is 0 Å². The van der Waals surface area contributed by atoms with E-state index >= 15 is 0 Å². The molecule has 2 N–H and O–H groups in total. The summed E-state index contributed by atoms with van der Waals surface area (Å²) in [5.74, 6) is -0.236. The molecule has 0 radical (unpaired) electrons. The zero-order chi connectivity index (χ0) is 16.6. The Kier molecular flexibility index (Phi) is 4.32. The van der Waals surface area contributed by atoms with Gasteiger partial charge in [0.25, 0.3) is 5.91 Å². The largest absolute Gasteiger partial charge is 0.455 e. The van der Waals surface area contributed by atoms with Crippen LogP contribution >= 0.6 is 28.7 Å². The molecule has 0 aliphatic rings. The van der Waals surface area contributed by atoms with Crippen LogP contribution in [0.2, 0.25) is 0 Å². The van der Waals surface area contributed by atoms with Crippen LogP contribution in [0.1, 0.15) is 10.4 Å². The monoisotopic (exact) mass is 394 g/mol. The number of thiol groups is 1. The molecule has 1 aromatic heterocycles. The van der Waals surface area contributed by atoms with E-state index in [1.165, 1.54) is 12.1 Å². The Morgan fingerprint density at radius 3 is 2.57 bits per heavy atom. The van der Waals surface area contributed by atoms with Crippen LogP contribution in [0.3, 0.4) is 0 Å². The quantitative estimate of drug-likeness (QED) is 0.568. The zero-order valence-electron chi connectivity index (χ0n) is 12.0. The number of rotatable bonds is 3. The fraction of sp³-hybridized carbons (Fsp3) is 0.0625. The van der Waals surface area contributed by atoms with Crippen LogP contribution in [-0.4, -0.2) is 13.0 Å². The molecule has 0 aliphatic carbocycles. The van der Waals surface area contributed by atoms with E-state index in [-0.39, 0.29) is 11.7 Å². The topological polar surface area (TPSA) is 54.3 Å². The van der Waals surface area contributed by atoms with Crippen molar-refractivity contribution in [1.82, 2.24) is 5.32 Å². The van der Waals surface area contributed by atoms with Gasteiger partial charge in [-0.15, -0.1) is 0 Å². The number of benzene rings is 2. The Morgan fingerprint density at radius 2 is 1.96 bits per heavy atom. The summed E-state index contributed by atoms with van der Waals surface area (Å²) < 4.78 is 22.5. The number of fused-ring (bicyclic) bond motifs is 1. The number of carbonyl (C=O) groups excluding carboxylic acids is 1. The van der Waals surface area contributed by atoms with Crippen molar-refractivity contribution < 1.29 is 13.6 Å². The zero-order valence-corrected chi connectivity index (χ0v) is 14.5.